The highest BCUT2D eigenvalue weighted by Gasteiger charge is 2.31. The fraction of sp³-hybridized carbons (Fsp3) is 0.217. The van der Waals surface area contributed by atoms with Gasteiger partial charge in [-0.05, 0) is 63.3 Å². The van der Waals surface area contributed by atoms with Gasteiger partial charge in [0, 0.05) is 25.2 Å². The Morgan fingerprint density at radius 1 is 1.00 bits per heavy atom. The lowest BCUT2D eigenvalue weighted by Gasteiger charge is -2.12. The van der Waals surface area contributed by atoms with Crippen molar-refractivity contribution in [2.75, 3.05) is 0 Å². The third kappa shape index (κ3) is 7.71. The molecule has 4 nitrogen and oxygen atoms in total. The van der Waals surface area contributed by atoms with Gasteiger partial charge in [0.25, 0.3) is 0 Å². The van der Waals surface area contributed by atoms with E-state index in [-0.39, 0.29) is 18.1 Å². The molecule has 1 heterocycles. The third-order valence-corrected chi connectivity index (χ3v) is 4.99. The number of hydrogen-bond acceptors (Lipinski definition) is 4. The number of halogens is 4. The van der Waals surface area contributed by atoms with Crippen LogP contribution in [-0.2, 0) is 24.2 Å². The van der Waals surface area contributed by atoms with Gasteiger partial charge in [0.2, 0.25) is 0 Å². The highest BCUT2D eigenvalue weighted by atomic mass is 79.9. The summed E-state index contributed by atoms with van der Waals surface area (Å²) in [6.07, 6.45) is 0.195. The highest BCUT2D eigenvalue weighted by Crippen LogP contribution is 2.32. The van der Waals surface area contributed by atoms with Crippen LogP contribution in [-0.4, -0.2) is 17.1 Å². The van der Waals surface area contributed by atoms with Crippen LogP contribution in [0.15, 0.2) is 71.5 Å². The van der Waals surface area contributed by atoms with Crippen molar-refractivity contribution in [3.05, 3.63) is 88.2 Å². The average molecular weight is 494 g/mol. The first kappa shape index (κ1) is 22.8. The zero-order valence-electron chi connectivity index (χ0n) is 16.4. The minimum Gasteiger partial charge on any atom is -0.488 e. The maximum absolute atomic E-state index is 12.3. The molecule has 0 fully saturated rings. The quantitative estimate of drug-likeness (QED) is 0.363. The number of ether oxygens (including phenoxy) is 2. The van der Waals surface area contributed by atoms with E-state index < -0.39 is 6.36 Å². The molecular weight excluding hydrogens is 475 g/mol. The normalized spacial score (nSPS) is 11.2. The van der Waals surface area contributed by atoms with Crippen molar-refractivity contribution in [1.29, 1.82) is 0 Å². The zero-order chi connectivity index (χ0) is 22.3. The van der Waals surface area contributed by atoms with Crippen molar-refractivity contribution in [2.24, 2.45) is 0 Å². The first-order chi connectivity index (χ1) is 14.8. The molecule has 3 rings (SSSR count). The maximum atomic E-state index is 12.3. The number of carbonyl (C=O) groups excluding carboxylic acids is 1. The van der Waals surface area contributed by atoms with Gasteiger partial charge >= 0.3 is 6.36 Å². The van der Waals surface area contributed by atoms with Crippen LogP contribution in [0.3, 0.4) is 0 Å². The molecular formula is C23H19BrF3NO3. The number of nitrogens with zero attached hydrogens (tertiary/aromatic N) is 1. The van der Waals surface area contributed by atoms with Crippen LogP contribution in [0, 0.1) is 0 Å². The highest BCUT2D eigenvalue weighted by molar-refractivity contribution is 9.10. The lowest BCUT2D eigenvalue weighted by atomic mass is 10.0. The summed E-state index contributed by atoms with van der Waals surface area (Å²) in [4.78, 5) is 16.2. The topological polar surface area (TPSA) is 48.4 Å². The van der Waals surface area contributed by atoms with Gasteiger partial charge < -0.3 is 9.47 Å². The Bertz CT molecular complexity index is 1010. The van der Waals surface area contributed by atoms with E-state index >= 15 is 0 Å². The number of alkyl halides is 3. The molecule has 0 aliphatic heterocycles. The Morgan fingerprint density at radius 3 is 2.39 bits per heavy atom. The minimum atomic E-state index is -4.75. The van der Waals surface area contributed by atoms with Gasteiger partial charge in [0.1, 0.15) is 23.9 Å². The average Bonchev–Trinajstić information content (AvgIpc) is 2.72. The van der Waals surface area contributed by atoms with Crippen LogP contribution >= 0.6 is 15.9 Å². The van der Waals surface area contributed by atoms with Gasteiger partial charge in [-0.25, -0.2) is 0 Å². The van der Waals surface area contributed by atoms with Crippen molar-refractivity contribution in [2.45, 2.75) is 32.2 Å². The number of aryl methyl sites for hydroxylation is 1. The molecule has 0 aliphatic carbocycles. The molecule has 0 aliphatic rings. The van der Waals surface area contributed by atoms with Gasteiger partial charge in [-0.15, -0.1) is 13.2 Å². The number of aromatic nitrogens is 1. The minimum absolute atomic E-state index is 0.151. The van der Waals surface area contributed by atoms with Crippen LogP contribution in [0.2, 0.25) is 0 Å². The van der Waals surface area contributed by atoms with Crippen molar-refractivity contribution < 1.29 is 27.4 Å². The Balaban J connectivity index is 1.48. The van der Waals surface area contributed by atoms with E-state index in [1.807, 2.05) is 36.4 Å². The summed E-state index contributed by atoms with van der Waals surface area (Å²) in [5.74, 6) is 0.214. The molecule has 0 saturated heterocycles. The zero-order valence-corrected chi connectivity index (χ0v) is 17.9. The Morgan fingerprint density at radius 2 is 1.74 bits per heavy atom. The molecule has 0 unspecified atom stereocenters. The number of pyridine rings is 1. The lowest BCUT2D eigenvalue weighted by Crippen LogP contribution is -2.17. The van der Waals surface area contributed by atoms with Crippen LogP contribution in [0.25, 0.3) is 0 Å². The summed E-state index contributed by atoms with van der Waals surface area (Å²) in [7, 11) is 0. The van der Waals surface area contributed by atoms with E-state index in [1.165, 1.54) is 18.2 Å². The van der Waals surface area contributed by atoms with E-state index in [1.54, 1.807) is 12.4 Å². The molecule has 0 amide bonds. The SMILES string of the molecule is O=C(CCc1cccnc1)Cc1ccc(COc2ccc(OC(F)(F)F)cc2Br)cc1. The van der Waals surface area contributed by atoms with Crippen molar-refractivity contribution in [1.82, 2.24) is 4.98 Å². The lowest BCUT2D eigenvalue weighted by molar-refractivity contribution is -0.274. The summed E-state index contributed by atoms with van der Waals surface area (Å²) in [6, 6.07) is 15.1. The second kappa shape index (κ2) is 10.4. The van der Waals surface area contributed by atoms with E-state index in [4.69, 9.17) is 4.74 Å². The molecule has 162 valence electrons. The molecule has 0 bridgehead atoms. The largest absolute Gasteiger partial charge is 0.573 e. The van der Waals surface area contributed by atoms with Gasteiger partial charge in [-0.1, -0.05) is 30.3 Å². The van der Waals surface area contributed by atoms with Gasteiger partial charge in [0.15, 0.2) is 0 Å². The van der Waals surface area contributed by atoms with E-state index in [0.29, 0.717) is 29.5 Å². The molecule has 31 heavy (non-hydrogen) atoms. The molecule has 8 heteroatoms. The number of hydrogen-bond donors (Lipinski definition) is 0. The Kier molecular flexibility index (Phi) is 7.68. The number of ketones is 1. The standard InChI is InChI=1S/C23H19BrF3NO3/c24-21-13-20(31-23(25,26)27)9-10-22(21)30-15-18-5-3-16(4-6-18)12-19(29)8-7-17-2-1-11-28-14-17/h1-6,9-11,13-14H,7-8,12,15H2. The van der Waals surface area contributed by atoms with Crippen LogP contribution in [0.1, 0.15) is 23.1 Å². The summed E-state index contributed by atoms with van der Waals surface area (Å²) in [5.41, 5.74) is 2.82. The summed E-state index contributed by atoms with van der Waals surface area (Å²) < 4.78 is 46.7. The molecule has 0 saturated carbocycles. The molecule has 1 aromatic heterocycles. The molecule has 0 atom stereocenters. The van der Waals surface area contributed by atoms with Crippen molar-refractivity contribution in [3.63, 3.8) is 0 Å². The van der Waals surface area contributed by atoms with Crippen LogP contribution in [0.5, 0.6) is 11.5 Å². The van der Waals surface area contributed by atoms with Crippen LogP contribution < -0.4 is 9.47 Å². The number of benzene rings is 2. The van der Waals surface area contributed by atoms with E-state index in [0.717, 1.165) is 16.7 Å². The van der Waals surface area contributed by atoms with E-state index in [2.05, 4.69) is 25.7 Å². The van der Waals surface area contributed by atoms with Gasteiger partial charge in [0.05, 0.1) is 4.47 Å². The first-order valence-corrected chi connectivity index (χ1v) is 10.2. The number of rotatable bonds is 9. The van der Waals surface area contributed by atoms with Crippen molar-refractivity contribution >= 4 is 21.7 Å². The monoisotopic (exact) mass is 493 g/mol. The predicted octanol–water partition coefficient (Wildman–Crippen LogP) is 6.07. The second-order valence-electron chi connectivity index (χ2n) is 6.82. The fourth-order valence-electron chi connectivity index (χ4n) is 2.86. The summed E-state index contributed by atoms with van der Waals surface area (Å²) in [5, 5.41) is 0. The number of Topliss-reactive ketones (excluding diaryl/α,β-unsaturated/α-hetero) is 1. The van der Waals surface area contributed by atoms with Gasteiger partial charge in [-0.2, -0.15) is 0 Å². The first-order valence-electron chi connectivity index (χ1n) is 9.45. The van der Waals surface area contributed by atoms with Gasteiger partial charge in [-0.3, -0.25) is 9.78 Å². The van der Waals surface area contributed by atoms with Crippen molar-refractivity contribution in [3.8, 4) is 11.5 Å². The maximum Gasteiger partial charge on any atom is 0.573 e. The molecule has 0 N–H and O–H groups in total. The number of carbonyl (C=O) groups is 1. The summed E-state index contributed by atoms with van der Waals surface area (Å²) >= 11 is 3.18. The summed E-state index contributed by atoms with van der Waals surface area (Å²) in [6.45, 7) is 0.229. The molecule has 0 spiro atoms. The second-order valence-corrected chi connectivity index (χ2v) is 7.68. The molecule has 2 aromatic carbocycles. The van der Waals surface area contributed by atoms with E-state index in [9.17, 15) is 18.0 Å². The predicted molar refractivity (Wildman–Crippen MR) is 113 cm³/mol. The smallest absolute Gasteiger partial charge is 0.488 e. The third-order valence-electron chi connectivity index (χ3n) is 4.37. The Labute approximate surface area is 186 Å². The Hall–Kier alpha value is -2.87. The van der Waals surface area contributed by atoms with Crippen LogP contribution in [0.4, 0.5) is 13.2 Å². The molecule has 3 aromatic rings. The molecule has 0 radical (unpaired) electrons. The fourth-order valence-corrected chi connectivity index (χ4v) is 3.33.